The van der Waals surface area contributed by atoms with E-state index in [2.05, 4.69) is 10.6 Å². The number of nitrogens with one attached hydrogen (secondary N) is 2. The zero-order valence-corrected chi connectivity index (χ0v) is 12.8. The number of aliphatic hydroxyl groups is 1. The molecule has 0 atom stereocenters. The highest BCUT2D eigenvalue weighted by Crippen LogP contribution is 2.27. The fourth-order valence-corrected chi connectivity index (χ4v) is 3.44. The molecule has 3 N–H and O–H groups in total. The van der Waals surface area contributed by atoms with Gasteiger partial charge in [-0.25, -0.2) is 0 Å². The van der Waals surface area contributed by atoms with Crippen LogP contribution in [0.25, 0.3) is 0 Å². The molecular weight excluding hydrogens is 268 g/mol. The van der Waals surface area contributed by atoms with Gasteiger partial charge in [0.1, 0.15) is 0 Å². The minimum Gasteiger partial charge on any atom is -0.396 e. The lowest BCUT2D eigenvalue weighted by atomic mass is 9.85. The van der Waals surface area contributed by atoms with Crippen LogP contribution in [0.1, 0.15) is 57.8 Å². The van der Waals surface area contributed by atoms with Crippen LogP contribution in [0.5, 0.6) is 0 Å². The molecule has 5 nitrogen and oxygen atoms in total. The predicted octanol–water partition coefficient (Wildman–Crippen LogP) is 1.35. The van der Waals surface area contributed by atoms with Crippen LogP contribution in [0.15, 0.2) is 0 Å². The quantitative estimate of drug-likeness (QED) is 0.647. The lowest BCUT2D eigenvalue weighted by Gasteiger charge is -2.29. The average molecular weight is 296 g/mol. The lowest BCUT2D eigenvalue weighted by Crippen LogP contribution is -2.42. The first-order chi connectivity index (χ1) is 10.2. The molecule has 0 radical (unpaired) electrons. The lowest BCUT2D eigenvalue weighted by molar-refractivity contribution is -0.126. The van der Waals surface area contributed by atoms with Crippen molar-refractivity contribution >= 4 is 11.8 Å². The first kappa shape index (κ1) is 16.3. The molecule has 0 bridgehead atoms. The summed E-state index contributed by atoms with van der Waals surface area (Å²) in [7, 11) is 0. The number of carbonyl (C=O) groups is 2. The fraction of sp³-hybridized carbons (Fsp3) is 0.875. The van der Waals surface area contributed by atoms with Crippen LogP contribution in [-0.2, 0) is 9.59 Å². The minimum atomic E-state index is 0.0725. The Balaban J connectivity index is 1.65. The summed E-state index contributed by atoms with van der Waals surface area (Å²) in [5.41, 5.74) is 0. The van der Waals surface area contributed by atoms with Crippen molar-refractivity contribution in [2.45, 2.75) is 63.8 Å². The summed E-state index contributed by atoms with van der Waals surface area (Å²) >= 11 is 0. The molecule has 2 fully saturated rings. The molecule has 0 saturated heterocycles. The van der Waals surface area contributed by atoms with Crippen LogP contribution in [-0.4, -0.2) is 36.1 Å². The highest BCUT2D eigenvalue weighted by atomic mass is 16.3. The Labute approximate surface area is 126 Å². The molecule has 2 aliphatic rings. The Morgan fingerprint density at radius 2 is 1.52 bits per heavy atom. The van der Waals surface area contributed by atoms with Crippen molar-refractivity contribution < 1.29 is 14.7 Å². The first-order valence-electron chi connectivity index (χ1n) is 8.39. The van der Waals surface area contributed by atoms with E-state index in [4.69, 9.17) is 5.11 Å². The second-order valence-corrected chi connectivity index (χ2v) is 6.41. The van der Waals surface area contributed by atoms with Gasteiger partial charge in [0.25, 0.3) is 0 Å². The van der Waals surface area contributed by atoms with E-state index < -0.39 is 0 Å². The molecule has 21 heavy (non-hydrogen) atoms. The van der Waals surface area contributed by atoms with E-state index in [0.717, 1.165) is 38.5 Å². The monoisotopic (exact) mass is 296 g/mol. The Bertz CT molecular complexity index is 345. The van der Waals surface area contributed by atoms with Crippen LogP contribution in [0.3, 0.4) is 0 Å². The van der Waals surface area contributed by atoms with Crippen molar-refractivity contribution in [1.82, 2.24) is 10.6 Å². The average Bonchev–Trinajstić information content (AvgIpc) is 3.02. The van der Waals surface area contributed by atoms with Crippen LogP contribution in [0.4, 0.5) is 0 Å². The van der Waals surface area contributed by atoms with Gasteiger partial charge in [-0.15, -0.1) is 0 Å². The maximum absolute atomic E-state index is 12.1. The maximum atomic E-state index is 12.1. The number of amides is 2. The summed E-state index contributed by atoms with van der Waals surface area (Å²) in [6, 6.07) is 0.250. The molecule has 0 aromatic heterocycles. The molecule has 0 heterocycles. The van der Waals surface area contributed by atoms with Gasteiger partial charge in [0.2, 0.25) is 11.8 Å². The molecule has 0 aromatic rings. The van der Waals surface area contributed by atoms with Crippen molar-refractivity contribution in [3.05, 3.63) is 0 Å². The van der Waals surface area contributed by atoms with E-state index in [1.807, 2.05) is 0 Å². The van der Waals surface area contributed by atoms with Crippen molar-refractivity contribution in [2.24, 2.45) is 11.8 Å². The second-order valence-electron chi connectivity index (χ2n) is 6.41. The van der Waals surface area contributed by atoms with Gasteiger partial charge >= 0.3 is 0 Å². The molecule has 0 unspecified atom stereocenters. The van der Waals surface area contributed by atoms with Crippen LogP contribution >= 0.6 is 0 Å². The van der Waals surface area contributed by atoms with Gasteiger partial charge in [-0.2, -0.15) is 0 Å². The zero-order valence-electron chi connectivity index (χ0n) is 12.8. The van der Waals surface area contributed by atoms with E-state index >= 15 is 0 Å². The molecule has 2 aliphatic carbocycles. The van der Waals surface area contributed by atoms with Gasteiger partial charge in [-0.05, 0) is 44.9 Å². The first-order valence-corrected chi connectivity index (χ1v) is 8.39. The molecule has 2 amide bonds. The summed E-state index contributed by atoms with van der Waals surface area (Å²) in [5, 5.41) is 14.7. The minimum absolute atomic E-state index is 0.0725. The highest BCUT2D eigenvalue weighted by molar-refractivity contribution is 5.80. The number of hydrogen-bond donors (Lipinski definition) is 3. The van der Waals surface area contributed by atoms with Gasteiger partial charge in [-0.3, -0.25) is 9.59 Å². The topological polar surface area (TPSA) is 78.4 Å². The number of rotatable bonds is 6. The van der Waals surface area contributed by atoms with E-state index in [0.29, 0.717) is 13.0 Å². The van der Waals surface area contributed by atoms with E-state index in [-0.39, 0.29) is 36.3 Å². The van der Waals surface area contributed by atoms with Gasteiger partial charge < -0.3 is 15.7 Å². The predicted molar refractivity (Wildman–Crippen MR) is 80.6 cm³/mol. The van der Waals surface area contributed by atoms with E-state index in [1.165, 1.54) is 12.8 Å². The summed E-state index contributed by atoms with van der Waals surface area (Å²) in [6.45, 7) is 0.661. The third-order valence-corrected chi connectivity index (χ3v) is 4.80. The third-order valence-electron chi connectivity index (χ3n) is 4.80. The summed E-state index contributed by atoms with van der Waals surface area (Å²) in [4.78, 5) is 24.0. The molecule has 2 rings (SSSR count). The number of hydrogen-bond acceptors (Lipinski definition) is 3. The molecule has 5 heteroatoms. The second kappa shape index (κ2) is 8.37. The third kappa shape index (κ3) is 4.99. The Hall–Kier alpha value is -1.10. The molecule has 120 valence electrons. The van der Waals surface area contributed by atoms with Gasteiger partial charge in [0.15, 0.2) is 0 Å². The SMILES string of the molecule is O=C(NCCCO)C1CCC(NC(=O)C2CCCC2)CC1. The molecule has 0 aromatic carbocycles. The molecule has 2 saturated carbocycles. The van der Waals surface area contributed by atoms with Gasteiger partial charge in [0.05, 0.1) is 0 Å². The van der Waals surface area contributed by atoms with Crippen LogP contribution in [0.2, 0.25) is 0 Å². The van der Waals surface area contributed by atoms with Crippen molar-refractivity contribution in [2.75, 3.05) is 13.2 Å². The maximum Gasteiger partial charge on any atom is 0.223 e. The Morgan fingerprint density at radius 1 is 0.905 bits per heavy atom. The standard InChI is InChI=1S/C16H28N2O3/c19-11-3-10-17-15(20)13-6-8-14(9-7-13)18-16(21)12-4-1-2-5-12/h12-14,19H,1-11H2,(H,17,20)(H,18,21). The summed E-state index contributed by atoms with van der Waals surface area (Å²) < 4.78 is 0. The van der Waals surface area contributed by atoms with Gasteiger partial charge in [0, 0.05) is 31.0 Å². The zero-order chi connectivity index (χ0) is 15.1. The number of carbonyl (C=O) groups excluding carboxylic acids is 2. The van der Waals surface area contributed by atoms with Crippen molar-refractivity contribution in [3.8, 4) is 0 Å². The van der Waals surface area contributed by atoms with E-state index in [1.54, 1.807) is 0 Å². The Kier molecular flexibility index (Phi) is 6.49. The highest BCUT2D eigenvalue weighted by Gasteiger charge is 2.29. The Morgan fingerprint density at radius 3 is 2.14 bits per heavy atom. The van der Waals surface area contributed by atoms with Crippen molar-refractivity contribution in [1.29, 1.82) is 0 Å². The smallest absolute Gasteiger partial charge is 0.223 e. The summed E-state index contributed by atoms with van der Waals surface area (Å²) in [6.07, 6.45) is 8.54. The van der Waals surface area contributed by atoms with Crippen LogP contribution < -0.4 is 10.6 Å². The molecule has 0 spiro atoms. The molecule has 0 aliphatic heterocycles. The summed E-state index contributed by atoms with van der Waals surface area (Å²) in [5.74, 6) is 0.625. The normalized spacial score (nSPS) is 26.5. The van der Waals surface area contributed by atoms with Gasteiger partial charge in [-0.1, -0.05) is 12.8 Å². The molecular formula is C16H28N2O3. The largest absolute Gasteiger partial charge is 0.396 e. The van der Waals surface area contributed by atoms with Crippen molar-refractivity contribution in [3.63, 3.8) is 0 Å². The van der Waals surface area contributed by atoms with Crippen LogP contribution in [0, 0.1) is 11.8 Å². The van der Waals surface area contributed by atoms with E-state index in [9.17, 15) is 9.59 Å². The number of aliphatic hydroxyl groups excluding tert-OH is 1. The fourth-order valence-electron chi connectivity index (χ4n) is 3.44.